The lowest BCUT2D eigenvalue weighted by Crippen LogP contribution is -2.50. The average molecular weight is 537 g/mol. The number of hydrogen-bond donors (Lipinski definition) is 2. The van der Waals surface area contributed by atoms with Gasteiger partial charge in [-0.25, -0.2) is 9.30 Å². The number of aromatic amines is 1. The van der Waals surface area contributed by atoms with Crippen LogP contribution >= 0.6 is 24.3 Å². The molecule has 7 nitrogen and oxygen atoms in total. The molecule has 0 atom stereocenters. The van der Waals surface area contributed by atoms with Crippen LogP contribution in [0.25, 0.3) is 0 Å². The van der Waals surface area contributed by atoms with Crippen molar-refractivity contribution in [3.63, 3.8) is 0 Å². The van der Waals surface area contributed by atoms with E-state index < -0.39 is 8.80 Å². The summed E-state index contributed by atoms with van der Waals surface area (Å²) in [5.41, 5.74) is 0. The molecule has 0 saturated carbocycles. The number of aromatic nitrogens is 3. The molecule has 0 aromatic carbocycles. The van der Waals surface area contributed by atoms with Crippen LogP contribution in [0.5, 0.6) is 0 Å². The second-order valence-electron chi connectivity index (χ2n) is 9.81. The maximum Gasteiger partial charge on any atom is 0.501 e. The maximum absolute atomic E-state index is 6.35. The van der Waals surface area contributed by atoms with E-state index in [2.05, 4.69) is 88.8 Å². The Labute approximate surface area is 219 Å². The summed E-state index contributed by atoms with van der Waals surface area (Å²) in [7, 11) is -2.78. The lowest BCUT2D eigenvalue weighted by atomic mass is 10.2. The summed E-state index contributed by atoms with van der Waals surface area (Å²) in [6.07, 6.45) is 11.5. The van der Waals surface area contributed by atoms with E-state index in [1.165, 1.54) is 43.4 Å². The number of unbranched alkanes of at least 4 members (excludes halogenated alkanes) is 4. The van der Waals surface area contributed by atoms with Crippen LogP contribution < -0.4 is 5.01 Å². The molecule has 0 fully saturated rings. The van der Waals surface area contributed by atoms with Gasteiger partial charge in [-0.05, 0) is 91.6 Å². The highest BCUT2D eigenvalue weighted by molar-refractivity contribution is 7.78. The van der Waals surface area contributed by atoms with Crippen LogP contribution in [0.1, 0.15) is 105 Å². The highest BCUT2D eigenvalue weighted by atomic mass is 32.1. The normalized spacial score (nSPS) is 12.4. The second kappa shape index (κ2) is 17.1. The highest BCUT2D eigenvalue weighted by Crippen LogP contribution is 2.25. The fraction of sp³-hybridized carbons (Fsp3) is 0.917. The zero-order valence-electron chi connectivity index (χ0n) is 23.0. The summed E-state index contributed by atoms with van der Waals surface area (Å²) in [5.74, 6) is 0. The van der Waals surface area contributed by atoms with Gasteiger partial charge < -0.3 is 13.3 Å². The lowest BCUT2D eigenvalue weighted by Gasteiger charge is -2.34. The maximum atomic E-state index is 6.35. The lowest BCUT2D eigenvalue weighted by molar-refractivity contribution is 0.00292. The Hall–Kier alpha value is -0.393. The number of aryl methyl sites for hydroxylation is 1. The van der Waals surface area contributed by atoms with Crippen LogP contribution in [-0.2, 0) is 19.7 Å². The van der Waals surface area contributed by atoms with Crippen molar-refractivity contribution in [1.29, 1.82) is 0 Å². The molecule has 0 aliphatic rings. The van der Waals surface area contributed by atoms with Crippen molar-refractivity contribution in [2.75, 3.05) is 18.1 Å². The van der Waals surface area contributed by atoms with E-state index in [0.29, 0.717) is 0 Å². The number of thiol groups is 1. The Bertz CT molecular complexity index is 647. The first kappa shape index (κ1) is 31.6. The fourth-order valence-corrected chi connectivity index (χ4v) is 8.50. The van der Waals surface area contributed by atoms with Crippen LogP contribution in [0.2, 0.25) is 6.04 Å². The van der Waals surface area contributed by atoms with Crippen molar-refractivity contribution >= 4 is 33.2 Å². The van der Waals surface area contributed by atoms with Crippen LogP contribution in [0.4, 0.5) is 0 Å². The summed E-state index contributed by atoms with van der Waals surface area (Å²) < 4.78 is 23.0. The topological polar surface area (TPSA) is 56.6 Å². The number of hydrogen-bond acceptors (Lipinski definition) is 6. The minimum atomic E-state index is -2.78. The molecule has 0 amide bonds. The largest absolute Gasteiger partial charge is 0.501 e. The average Bonchev–Trinajstić information content (AvgIpc) is 2.70. The molecule has 1 heterocycles. The van der Waals surface area contributed by atoms with Gasteiger partial charge in [-0.15, -0.1) is 4.18 Å². The van der Waals surface area contributed by atoms with Gasteiger partial charge >= 0.3 is 8.80 Å². The van der Waals surface area contributed by atoms with Gasteiger partial charge in [-0.1, -0.05) is 39.5 Å². The number of rotatable bonds is 19. The molecule has 34 heavy (non-hydrogen) atoms. The monoisotopic (exact) mass is 536 g/mol. The van der Waals surface area contributed by atoms with Crippen molar-refractivity contribution in [2.45, 2.75) is 131 Å². The molecule has 0 unspecified atom stereocenters. The number of H-pyrrole nitrogens is 1. The molecule has 10 heteroatoms. The van der Waals surface area contributed by atoms with Crippen molar-refractivity contribution < 1.29 is 13.3 Å². The molecule has 1 aromatic rings. The molecular formula is C24H52N4O3S2Si. The van der Waals surface area contributed by atoms with Crippen LogP contribution in [0.3, 0.4) is 0 Å². The molecule has 1 N–H and O–H groups in total. The molecule has 1 rings (SSSR count). The number of nitrogens with zero attached hydrogens (tertiary/aromatic N) is 3. The van der Waals surface area contributed by atoms with Crippen molar-refractivity contribution in [3.05, 3.63) is 11.1 Å². The molecule has 0 aliphatic carbocycles. The van der Waals surface area contributed by atoms with Gasteiger partial charge in [0.15, 0.2) is 0 Å². The number of nitrogens with one attached hydrogen (secondary N) is 1. The summed E-state index contributed by atoms with van der Waals surface area (Å²) in [6, 6.07) is 0.802. The summed E-state index contributed by atoms with van der Waals surface area (Å²) in [6.45, 7) is 19.0. The molecule has 0 aliphatic heterocycles. The highest BCUT2D eigenvalue weighted by Gasteiger charge is 2.43. The van der Waals surface area contributed by atoms with Gasteiger partial charge in [0, 0.05) is 48.5 Å². The fourth-order valence-electron chi connectivity index (χ4n) is 3.84. The Morgan fingerprint density at radius 3 is 1.82 bits per heavy atom. The third kappa shape index (κ3) is 13.1. The molecule has 0 radical (unpaired) electrons. The van der Waals surface area contributed by atoms with E-state index in [1.807, 2.05) is 0 Å². The van der Waals surface area contributed by atoms with E-state index in [0.717, 1.165) is 32.0 Å². The van der Waals surface area contributed by atoms with Crippen molar-refractivity contribution in [2.24, 2.45) is 0 Å². The minimum absolute atomic E-state index is 0.0693. The third-order valence-corrected chi connectivity index (χ3v) is 9.80. The SMILES string of the molecule is CCCCCN(CCCCC)n1[nH]n(S)cc(CCC[Si](OC(C)C)(OC(C)C)OC(C)C)s1. The third-order valence-electron chi connectivity index (χ3n) is 5.11. The summed E-state index contributed by atoms with van der Waals surface area (Å²) in [5, 5.41) is 5.79. The van der Waals surface area contributed by atoms with Gasteiger partial charge in [0.2, 0.25) is 0 Å². The molecular weight excluding hydrogens is 485 g/mol. The van der Waals surface area contributed by atoms with Gasteiger partial charge in [-0.2, -0.15) is 0 Å². The van der Waals surface area contributed by atoms with Gasteiger partial charge in [0.25, 0.3) is 0 Å². The molecule has 202 valence electrons. The van der Waals surface area contributed by atoms with Crippen LogP contribution in [0.15, 0.2) is 6.20 Å². The predicted molar refractivity (Wildman–Crippen MR) is 151 cm³/mol. The molecule has 0 saturated heterocycles. The van der Waals surface area contributed by atoms with Crippen LogP contribution in [-0.4, -0.2) is 53.7 Å². The molecule has 1 aromatic heterocycles. The van der Waals surface area contributed by atoms with Gasteiger partial charge in [0.05, 0.1) is 0 Å². The summed E-state index contributed by atoms with van der Waals surface area (Å²) in [4.78, 5) is 1.27. The standard InChI is InChI=1S/C24H52N4O3S2Si/c1-9-11-13-17-26(18-14-12-10-2)28-25-27(32)20-24(33-28)16-15-19-34(29-21(3)4,30-22(5)6)31-23(7)8/h20-23,25,32H,9-19H2,1-8H3. The van der Waals surface area contributed by atoms with Crippen molar-refractivity contribution in [3.8, 4) is 0 Å². The predicted octanol–water partition coefficient (Wildman–Crippen LogP) is 6.96. The first-order valence-corrected chi connectivity index (χ1v) is 16.4. The van der Waals surface area contributed by atoms with E-state index in [4.69, 9.17) is 13.3 Å². The Morgan fingerprint density at radius 2 is 1.38 bits per heavy atom. The molecule has 0 spiro atoms. The van der Waals surface area contributed by atoms with E-state index in [1.54, 1.807) is 15.6 Å². The van der Waals surface area contributed by atoms with E-state index in [9.17, 15) is 0 Å². The van der Waals surface area contributed by atoms with Gasteiger partial charge in [-0.3, -0.25) is 5.01 Å². The van der Waals surface area contributed by atoms with Gasteiger partial charge in [0.1, 0.15) is 0 Å². The zero-order valence-corrected chi connectivity index (χ0v) is 25.7. The van der Waals surface area contributed by atoms with E-state index >= 15 is 0 Å². The Kier molecular flexibility index (Phi) is 15.9. The molecule has 0 bridgehead atoms. The Morgan fingerprint density at radius 1 is 0.882 bits per heavy atom. The second-order valence-corrected chi connectivity index (χ2v) is 13.9. The quantitative estimate of drug-likeness (QED) is 0.114. The zero-order chi connectivity index (χ0) is 25.6. The summed E-state index contributed by atoms with van der Waals surface area (Å²) >= 11 is 6.37. The first-order valence-electron chi connectivity index (χ1n) is 13.3. The smallest absolute Gasteiger partial charge is 0.371 e. The van der Waals surface area contributed by atoms with E-state index in [-0.39, 0.29) is 18.3 Å². The van der Waals surface area contributed by atoms with Crippen molar-refractivity contribution in [1.82, 2.24) is 13.5 Å². The Balaban J connectivity index is 2.97. The minimum Gasteiger partial charge on any atom is -0.371 e. The first-order chi connectivity index (χ1) is 16.1. The van der Waals surface area contributed by atoms with Crippen LogP contribution in [0, 0.1) is 0 Å².